The fourth-order valence-corrected chi connectivity index (χ4v) is 1.18. The molecule has 0 aliphatic heterocycles. The number of para-hydroxylation sites is 1. The zero-order valence-corrected chi connectivity index (χ0v) is 6.93. The van der Waals surface area contributed by atoms with Crippen LogP contribution in [0.3, 0.4) is 0 Å². The summed E-state index contributed by atoms with van der Waals surface area (Å²) in [5.74, 6) is 5.91. The first-order valence-electron chi connectivity index (χ1n) is 3.49. The Morgan fingerprint density at radius 1 is 1.36 bits per heavy atom. The molecule has 0 aliphatic rings. The zero-order chi connectivity index (χ0) is 8.10. The third kappa shape index (κ3) is 2.10. The van der Waals surface area contributed by atoms with Crippen LogP contribution in [0.25, 0.3) is 0 Å². The molecule has 3 heteroatoms. The van der Waals surface area contributed by atoms with Gasteiger partial charge in [0, 0.05) is 5.88 Å². The van der Waals surface area contributed by atoms with E-state index in [2.05, 4.69) is 5.43 Å². The maximum atomic E-state index is 5.60. The summed E-state index contributed by atoms with van der Waals surface area (Å²) in [6.45, 7) is 0. The number of hydrogen-bond acceptors (Lipinski definition) is 2. The average Bonchev–Trinajstić information content (AvgIpc) is 2.06. The molecule has 0 atom stereocenters. The van der Waals surface area contributed by atoms with Gasteiger partial charge in [-0.3, -0.25) is 5.84 Å². The average molecular weight is 171 g/mol. The van der Waals surface area contributed by atoms with Gasteiger partial charge in [-0.25, -0.2) is 0 Å². The molecule has 0 bridgehead atoms. The second kappa shape index (κ2) is 4.21. The van der Waals surface area contributed by atoms with Gasteiger partial charge >= 0.3 is 0 Å². The lowest BCUT2D eigenvalue weighted by molar-refractivity contribution is 1.14. The van der Waals surface area contributed by atoms with Crippen molar-refractivity contribution in [2.75, 3.05) is 11.3 Å². The van der Waals surface area contributed by atoms with Crippen LogP contribution < -0.4 is 11.3 Å². The largest absolute Gasteiger partial charge is 0.324 e. The number of rotatable bonds is 3. The summed E-state index contributed by atoms with van der Waals surface area (Å²) in [5.41, 5.74) is 4.73. The van der Waals surface area contributed by atoms with Crippen LogP contribution >= 0.6 is 11.6 Å². The van der Waals surface area contributed by atoms with E-state index in [-0.39, 0.29) is 0 Å². The maximum Gasteiger partial charge on any atom is 0.0517 e. The molecule has 0 radical (unpaired) electrons. The van der Waals surface area contributed by atoms with Gasteiger partial charge in [0.1, 0.15) is 0 Å². The molecular weight excluding hydrogens is 160 g/mol. The normalized spacial score (nSPS) is 9.64. The minimum atomic E-state index is 0.624. The topological polar surface area (TPSA) is 38.0 Å². The second-order valence-corrected chi connectivity index (χ2v) is 2.62. The Kier molecular flexibility index (Phi) is 3.20. The highest BCUT2D eigenvalue weighted by molar-refractivity contribution is 6.18. The minimum Gasteiger partial charge on any atom is -0.324 e. The van der Waals surface area contributed by atoms with Crippen molar-refractivity contribution in [1.82, 2.24) is 0 Å². The number of halogens is 1. The van der Waals surface area contributed by atoms with E-state index in [9.17, 15) is 0 Å². The van der Waals surface area contributed by atoms with Crippen LogP contribution in [0.4, 0.5) is 5.69 Å². The highest BCUT2D eigenvalue weighted by atomic mass is 35.5. The van der Waals surface area contributed by atoms with Crippen LogP contribution in [0.1, 0.15) is 5.56 Å². The van der Waals surface area contributed by atoms with Crippen molar-refractivity contribution in [2.24, 2.45) is 5.84 Å². The van der Waals surface area contributed by atoms with Crippen molar-refractivity contribution in [3.8, 4) is 0 Å². The van der Waals surface area contributed by atoms with Crippen LogP contribution in [-0.4, -0.2) is 5.88 Å². The predicted octanol–water partition coefficient (Wildman–Crippen LogP) is 1.75. The van der Waals surface area contributed by atoms with E-state index < -0.39 is 0 Å². The van der Waals surface area contributed by atoms with Gasteiger partial charge in [-0.15, -0.1) is 11.6 Å². The standard InChI is InChI=1S/C8H11ClN2/c9-6-5-7-3-1-2-4-8(7)11-10/h1-4,11H,5-6,10H2. The van der Waals surface area contributed by atoms with E-state index in [0.717, 1.165) is 17.7 Å². The number of anilines is 1. The molecule has 0 aromatic heterocycles. The molecule has 3 N–H and O–H groups in total. The highest BCUT2D eigenvalue weighted by Crippen LogP contribution is 2.13. The molecule has 2 nitrogen and oxygen atoms in total. The Labute approximate surface area is 71.3 Å². The molecular formula is C8H11ClN2. The second-order valence-electron chi connectivity index (χ2n) is 2.24. The lowest BCUT2D eigenvalue weighted by Gasteiger charge is -2.05. The van der Waals surface area contributed by atoms with E-state index >= 15 is 0 Å². The first kappa shape index (κ1) is 8.37. The number of alkyl halides is 1. The first-order valence-corrected chi connectivity index (χ1v) is 4.02. The van der Waals surface area contributed by atoms with Gasteiger partial charge in [-0.1, -0.05) is 18.2 Å². The van der Waals surface area contributed by atoms with Gasteiger partial charge in [0.25, 0.3) is 0 Å². The number of hydrazine groups is 1. The summed E-state index contributed by atoms with van der Waals surface area (Å²) >= 11 is 5.60. The van der Waals surface area contributed by atoms with E-state index in [1.54, 1.807) is 0 Å². The molecule has 1 aromatic carbocycles. The van der Waals surface area contributed by atoms with E-state index in [1.165, 1.54) is 0 Å². The molecule has 0 saturated heterocycles. The third-order valence-corrected chi connectivity index (χ3v) is 1.73. The summed E-state index contributed by atoms with van der Waals surface area (Å²) in [5, 5.41) is 0. The fraction of sp³-hybridized carbons (Fsp3) is 0.250. The molecule has 1 aromatic rings. The third-order valence-electron chi connectivity index (χ3n) is 1.54. The number of aryl methyl sites for hydroxylation is 1. The van der Waals surface area contributed by atoms with Crippen LogP contribution in [-0.2, 0) is 6.42 Å². The molecule has 0 amide bonds. The van der Waals surface area contributed by atoms with Gasteiger partial charge in [0.05, 0.1) is 5.69 Å². The van der Waals surface area contributed by atoms with Gasteiger partial charge in [-0.2, -0.15) is 0 Å². The Hall–Kier alpha value is -0.730. The maximum absolute atomic E-state index is 5.60. The van der Waals surface area contributed by atoms with Crippen molar-refractivity contribution in [2.45, 2.75) is 6.42 Å². The van der Waals surface area contributed by atoms with Gasteiger partial charge < -0.3 is 5.43 Å². The van der Waals surface area contributed by atoms with Crippen LogP contribution in [0.5, 0.6) is 0 Å². The molecule has 60 valence electrons. The molecule has 11 heavy (non-hydrogen) atoms. The molecule has 1 rings (SSSR count). The van der Waals surface area contributed by atoms with E-state index in [4.69, 9.17) is 17.4 Å². The molecule has 0 heterocycles. The molecule has 0 spiro atoms. The van der Waals surface area contributed by atoms with Crippen molar-refractivity contribution >= 4 is 17.3 Å². The lowest BCUT2D eigenvalue weighted by atomic mass is 10.1. The summed E-state index contributed by atoms with van der Waals surface area (Å²) in [4.78, 5) is 0. The van der Waals surface area contributed by atoms with Crippen molar-refractivity contribution in [3.05, 3.63) is 29.8 Å². The Balaban J connectivity index is 2.83. The van der Waals surface area contributed by atoms with Crippen LogP contribution in [0, 0.1) is 0 Å². The van der Waals surface area contributed by atoms with Crippen molar-refractivity contribution < 1.29 is 0 Å². The van der Waals surface area contributed by atoms with Gasteiger partial charge in [0.2, 0.25) is 0 Å². The molecule has 0 saturated carbocycles. The first-order chi connectivity index (χ1) is 5.38. The van der Waals surface area contributed by atoms with E-state index in [0.29, 0.717) is 5.88 Å². The highest BCUT2D eigenvalue weighted by Gasteiger charge is 1.96. The van der Waals surface area contributed by atoms with Crippen LogP contribution in [0.2, 0.25) is 0 Å². The summed E-state index contributed by atoms with van der Waals surface area (Å²) < 4.78 is 0. The molecule has 0 fully saturated rings. The lowest BCUT2D eigenvalue weighted by Crippen LogP contribution is -2.09. The number of nitrogens with two attached hydrogens (primary N) is 1. The quantitative estimate of drug-likeness (QED) is 0.412. The van der Waals surface area contributed by atoms with Crippen molar-refractivity contribution in [3.63, 3.8) is 0 Å². The monoisotopic (exact) mass is 170 g/mol. The number of nitrogen functional groups attached to an aromatic ring is 1. The Morgan fingerprint density at radius 2 is 2.09 bits per heavy atom. The summed E-state index contributed by atoms with van der Waals surface area (Å²) in [6, 6.07) is 7.86. The summed E-state index contributed by atoms with van der Waals surface area (Å²) in [7, 11) is 0. The smallest absolute Gasteiger partial charge is 0.0517 e. The Bertz CT molecular complexity index is 225. The minimum absolute atomic E-state index is 0.624. The van der Waals surface area contributed by atoms with Gasteiger partial charge in [0.15, 0.2) is 0 Å². The summed E-state index contributed by atoms with van der Waals surface area (Å²) in [6.07, 6.45) is 0.849. The fourth-order valence-electron chi connectivity index (χ4n) is 0.981. The predicted molar refractivity (Wildman–Crippen MR) is 48.7 cm³/mol. The number of nitrogens with one attached hydrogen (secondary N) is 1. The molecule has 0 unspecified atom stereocenters. The SMILES string of the molecule is NNc1ccccc1CCCl. The Morgan fingerprint density at radius 3 is 2.73 bits per heavy atom. The molecule has 0 aliphatic carbocycles. The van der Waals surface area contributed by atoms with E-state index in [1.807, 2.05) is 24.3 Å². The number of hydrogen-bond donors (Lipinski definition) is 2. The van der Waals surface area contributed by atoms with Crippen molar-refractivity contribution in [1.29, 1.82) is 0 Å². The number of benzene rings is 1. The zero-order valence-electron chi connectivity index (χ0n) is 6.18. The van der Waals surface area contributed by atoms with Crippen LogP contribution in [0.15, 0.2) is 24.3 Å². The van der Waals surface area contributed by atoms with Gasteiger partial charge in [-0.05, 0) is 18.1 Å².